The molecule has 90 valence electrons. The van der Waals surface area contributed by atoms with Crippen LogP contribution in [0, 0.1) is 17.1 Å². The Morgan fingerprint density at radius 2 is 1.94 bits per heavy atom. The largest absolute Gasteiger partial charge is 0.419 e. The van der Waals surface area contributed by atoms with Crippen LogP contribution in [0.4, 0.5) is 17.6 Å². The van der Waals surface area contributed by atoms with Crippen molar-refractivity contribution in [3.63, 3.8) is 0 Å². The Bertz CT molecular complexity index is 509. The third kappa shape index (κ3) is 2.75. The van der Waals surface area contributed by atoms with Gasteiger partial charge < -0.3 is 5.73 Å². The smallest absolute Gasteiger partial charge is 0.397 e. The van der Waals surface area contributed by atoms with E-state index in [0.29, 0.717) is 12.1 Å². The second-order valence-corrected chi connectivity index (χ2v) is 3.34. The summed E-state index contributed by atoms with van der Waals surface area (Å²) in [5.74, 6) is -1.37. The van der Waals surface area contributed by atoms with E-state index in [4.69, 9.17) is 11.0 Å². The Morgan fingerprint density at radius 1 is 1.35 bits per heavy atom. The van der Waals surface area contributed by atoms with Crippen molar-refractivity contribution >= 4 is 5.70 Å². The summed E-state index contributed by atoms with van der Waals surface area (Å²) in [7, 11) is 0. The predicted molar refractivity (Wildman–Crippen MR) is 53.8 cm³/mol. The number of rotatable bonds is 1. The molecular weight excluding hydrogens is 236 g/mol. The van der Waals surface area contributed by atoms with Crippen LogP contribution in [-0.2, 0) is 6.18 Å². The molecule has 2 N–H and O–H groups in total. The van der Waals surface area contributed by atoms with Crippen LogP contribution in [0.15, 0.2) is 23.8 Å². The van der Waals surface area contributed by atoms with Gasteiger partial charge in [0, 0.05) is 5.57 Å². The number of halogens is 4. The maximum absolute atomic E-state index is 13.0. The van der Waals surface area contributed by atoms with E-state index >= 15 is 0 Å². The molecule has 0 fully saturated rings. The van der Waals surface area contributed by atoms with Crippen molar-refractivity contribution < 1.29 is 17.6 Å². The molecule has 0 aliphatic carbocycles. The maximum Gasteiger partial charge on any atom is 0.419 e. The molecule has 0 spiro atoms. The van der Waals surface area contributed by atoms with Gasteiger partial charge in [0.25, 0.3) is 0 Å². The van der Waals surface area contributed by atoms with Gasteiger partial charge in [-0.2, -0.15) is 18.4 Å². The van der Waals surface area contributed by atoms with Crippen molar-refractivity contribution in [2.75, 3.05) is 0 Å². The summed E-state index contributed by atoms with van der Waals surface area (Å²) in [5.41, 5.74) is 4.02. The molecule has 0 aliphatic rings. The van der Waals surface area contributed by atoms with Crippen LogP contribution >= 0.6 is 0 Å². The van der Waals surface area contributed by atoms with E-state index in [1.54, 1.807) is 6.07 Å². The molecule has 0 saturated carbocycles. The first kappa shape index (κ1) is 13.0. The van der Waals surface area contributed by atoms with Gasteiger partial charge in [0.1, 0.15) is 5.82 Å². The predicted octanol–water partition coefficient (Wildman–Crippen LogP) is 3.06. The zero-order chi connectivity index (χ0) is 13.2. The fourth-order valence-corrected chi connectivity index (χ4v) is 1.19. The lowest BCUT2D eigenvalue weighted by atomic mass is 10.0. The van der Waals surface area contributed by atoms with E-state index in [0.717, 1.165) is 6.07 Å². The topological polar surface area (TPSA) is 49.8 Å². The molecule has 0 heterocycles. The molecule has 0 radical (unpaired) electrons. The van der Waals surface area contributed by atoms with Gasteiger partial charge in [-0.25, -0.2) is 4.39 Å². The molecule has 0 saturated heterocycles. The number of nitrogens with zero attached hydrogens (tertiary/aromatic N) is 1. The highest BCUT2D eigenvalue weighted by Gasteiger charge is 2.34. The molecule has 6 heteroatoms. The summed E-state index contributed by atoms with van der Waals surface area (Å²) < 4.78 is 50.2. The molecule has 17 heavy (non-hydrogen) atoms. The fourth-order valence-electron chi connectivity index (χ4n) is 1.19. The van der Waals surface area contributed by atoms with Crippen molar-refractivity contribution in [3.05, 3.63) is 40.7 Å². The summed E-state index contributed by atoms with van der Waals surface area (Å²) >= 11 is 0. The van der Waals surface area contributed by atoms with Crippen molar-refractivity contribution in [2.24, 2.45) is 5.73 Å². The third-order valence-electron chi connectivity index (χ3n) is 2.15. The second-order valence-electron chi connectivity index (χ2n) is 3.34. The summed E-state index contributed by atoms with van der Waals surface area (Å²) in [6.07, 6.45) is -4.79. The Kier molecular flexibility index (Phi) is 3.42. The van der Waals surface area contributed by atoms with Gasteiger partial charge >= 0.3 is 6.18 Å². The van der Waals surface area contributed by atoms with Crippen LogP contribution in [0.5, 0.6) is 0 Å². The summed E-state index contributed by atoms with van der Waals surface area (Å²) in [6, 6.07) is 4.08. The first-order valence-electron chi connectivity index (χ1n) is 4.51. The van der Waals surface area contributed by atoms with Crippen LogP contribution in [0.3, 0.4) is 0 Å². The Balaban J connectivity index is 3.39. The number of allylic oxidation sites excluding steroid dienone is 1. The number of hydrogen-bond acceptors (Lipinski definition) is 2. The minimum absolute atomic E-state index is 0.0298. The molecule has 1 aromatic carbocycles. The monoisotopic (exact) mass is 244 g/mol. The Labute approximate surface area is 95.0 Å². The summed E-state index contributed by atoms with van der Waals surface area (Å²) in [4.78, 5) is 0. The van der Waals surface area contributed by atoms with Crippen LogP contribution in [0.2, 0.25) is 0 Å². The van der Waals surface area contributed by atoms with Crippen LogP contribution in [-0.4, -0.2) is 0 Å². The van der Waals surface area contributed by atoms with Gasteiger partial charge in [0.2, 0.25) is 0 Å². The molecule has 0 amide bonds. The average Bonchev–Trinajstić information content (AvgIpc) is 2.26. The van der Waals surface area contributed by atoms with E-state index in [1.165, 1.54) is 6.92 Å². The molecule has 0 atom stereocenters. The fraction of sp³-hybridized carbons (Fsp3) is 0.182. The SMILES string of the molecule is C/C(C#N)=C(/N)c1ccc(F)c(C(F)(F)F)c1. The van der Waals surface area contributed by atoms with Crippen molar-refractivity contribution in [1.29, 1.82) is 5.26 Å². The zero-order valence-corrected chi connectivity index (χ0v) is 8.77. The van der Waals surface area contributed by atoms with Gasteiger partial charge in [-0.3, -0.25) is 0 Å². The molecule has 0 unspecified atom stereocenters. The first-order valence-corrected chi connectivity index (χ1v) is 4.51. The normalized spacial score (nSPS) is 12.9. The van der Waals surface area contributed by atoms with E-state index in [9.17, 15) is 17.6 Å². The second kappa shape index (κ2) is 4.45. The average molecular weight is 244 g/mol. The minimum Gasteiger partial charge on any atom is -0.397 e. The summed E-state index contributed by atoms with van der Waals surface area (Å²) in [5, 5.41) is 8.57. The van der Waals surface area contributed by atoms with Crippen molar-refractivity contribution in [3.8, 4) is 6.07 Å². The van der Waals surface area contributed by atoms with E-state index in [2.05, 4.69) is 0 Å². The molecule has 1 rings (SSSR count). The van der Waals surface area contributed by atoms with Crippen LogP contribution in [0.25, 0.3) is 5.70 Å². The summed E-state index contributed by atoms with van der Waals surface area (Å²) in [6.45, 7) is 1.37. The highest BCUT2D eigenvalue weighted by Crippen LogP contribution is 2.32. The van der Waals surface area contributed by atoms with Gasteiger partial charge in [-0.05, 0) is 30.7 Å². The Morgan fingerprint density at radius 3 is 2.41 bits per heavy atom. The van der Waals surface area contributed by atoms with Gasteiger partial charge in [-0.15, -0.1) is 0 Å². The van der Waals surface area contributed by atoms with Crippen molar-refractivity contribution in [1.82, 2.24) is 0 Å². The van der Waals surface area contributed by atoms with Gasteiger partial charge in [0.15, 0.2) is 0 Å². The number of alkyl halides is 3. The third-order valence-corrected chi connectivity index (χ3v) is 2.15. The molecule has 2 nitrogen and oxygen atoms in total. The lowest BCUT2D eigenvalue weighted by Crippen LogP contribution is -2.10. The lowest BCUT2D eigenvalue weighted by Gasteiger charge is -2.10. The number of nitrogens with two attached hydrogens (primary N) is 1. The number of benzene rings is 1. The standard InChI is InChI=1S/C11H8F4N2/c1-6(5-16)10(17)7-2-3-9(12)8(4-7)11(13,14)15/h2-4H,17H2,1H3/b10-6-. The molecule has 1 aromatic rings. The quantitative estimate of drug-likeness (QED) is 0.609. The molecule has 0 aromatic heterocycles. The van der Waals surface area contributed by atoms with Crippen LogP contribution in [0.1, 0.15) is 18.1 Å². The molecule has 0 aliphatic heterocycles. The number of hydrogen-bond donors (Lipinski definition) is 1. The van der Waals surface area contributed by atoms with E-state index < -0.39 is 17.6 Å². The molecular formula is C11H8F4N2. The first-order chi connectivity index (χ1) is 7.77. The zero-order valence-electron chi connectivity index (χ0n) is 8.77. The molecule has 0 bridgehead atoms. The lowest BCUT2D eigenvalue weighted by molar-refractivity contribution is -0.140. The highest BCUT2D eigenvalue weighted by molar-refractivity contribution is 5.69. The minimum atomic E-state index is -4.79. The Hall–Kier alpha value is -2.03. The highest BCUT2D eigenvalue weighted by atomic mass is 19.4. The maximum atomic E-state index is 13.0. The van der Waals surface area contributed by atoms with E-state index in [1.807, 2.05) is 0 Å². The van der Waals surface area contributed by atoms with Crippen LogP contribution < -0.4 is 5.73 Å². The van der Waals surface area contributed by atoms with Crippen molar-refractivity contribution in [2.45, 2.75) is 13.1 Å². The number of nitriles is 1. The van der Waals surface area contributed by atoms with Gasteiger partial charge in [0.05, 0.1) is 17.3 Å². The van der Waals surface area contributed by atoms with E-state index in [-0.39, 0.29) is 16.8 Å². The van der Waals surface area contributed by atoms with Gasteiger partial charge in [-0.1, -0.05) is 0 Å².